The number of carbonyl (C=O) groups is 1. The number of nitrogens with one attached hydrogen (secondary N) is 1. The topological polar surface area (TPSA) is 55.1 Å². The summed E-state index contributed by atoms with van der Waals surface area (Å²) in [6.45, 7) is 1.04. The van der Waals surface area contributed by atoms with Gasteiger partial charge in [0.05, 0.1) is 5.41 Å². The van der Waals surface area contributed by atoms with Crippen LogP contribution in [0.2, 0.25) is 0 Å². The Morgan fingerprint density at radius 3 is 2.71 bits per heavy atom. The van der Waals surface area contributed by atoms with Gasteiger partial charge in [0.1, 0.15) is 0 Å². The van der Waals surface area contributed by atoms with Crippen molar-refractivity contribution in [3.8, 4) is 0 Å². The maximum absolute atomic E-state index is 12.0. The molecule has 0 spiro atoms. The molecule has 1 aliphatic carbocycles. The molecule has 2 rings (SSSR count). The zero-order chi connectivity index (χ0) is 11.6. The summed E-state index contributed by atoms with van der Waals surface area (Å²) in [5, 5.41) is 2.87. The molecule has 0 aliphatic heterocycles. The molecule has 5 heteroatoms. The molecular weight excluding hydrogens is 304 g/mol. The number of nitrogens with two attached hydrogens (primary N) is 1. The smallest absolute Gasteiger partial charge is 0.230 e. The number of halogens is 2. The second kappa shape index (κ2) is 5.85. The van der Waals surface area contributed by atoms with Crippen LogP contribution < -0.4 is 11.1 Å². The summed E-state index contributed by atoms with van der Waals surface area (Å²) in [4.78, 5) is 12.0. The van der Waals surface area contributed by atoms with E-state index in [1.54, 1.807) is 0 Å². The summed E-state index contributed by atoms with van der Waals surface area (Å²) in [5.41, 5.74) is 6.18. The van der Waals surface area contributed by atoms with Crippen LogP contribution >= 0.6 is 28.3 Å². The van der Waals surface area contributed by atoms with Crippen LogP contribution in [-0.2, 0) is 10.2 Å². The van der Waals surface area contributed by atoms with Crippen LogP contribution in [0.4, 0.5) is 0 Å². The Morgan fingerprint density at radius 1 is 1.47 bits per heavy atom. The average Bonchev–Trinajstić information content (AvgIpc) is 3.07. The lowest BCUT2D eigenvalue weighted by atomic mass is 9.95. The van der Waals surface area contributed by atoms with Gasteiger partial charge in [-0.2, -0.15) is 0 Å². The molecule has 1 saturated carbocycles. The van der Waals surface area contributed by atoms with Crippen molar-refractivity contribution in [2.45, 2.75) is 18.3 Å². The highest BCUT2D eigenvalue weighted by Gasteiger charge is 2.50. The van der Waals surface area contributed by atoms with Crippen LogP contribution in [0, 0.1) is 0 Å². The van der Waals surface area contributed by atoms with Gasteiger partial charge in [0.15, 0.2) is 0 Å². The number of hydrogen-bond donors (Lipinski definition) is 2. The van der Waals surface area contributed by atoms with E-state index in [0.29, 0.717) is 13.1 Å². The molecule has 94 valence electrons. The Bertz CT molecular complexity index is 407. The molecule has 1 aliphatic rings. The lowest BCUT2D eigenvalue weighted by Crippen LogP contribution is -2.37. The summed E-state index contributed by atoms with van der Waals surface area (Å²) in [6.07, 6.45) is 1.86. The molecule has 0 aromatic heterocycles. The number of carbonyl (C=O) groups excluding carboxylic acids is 1. The summed E-state index contributed by atoms with van der Waals surface area (Å²) in [5.74, 6) is 0.107. The zero-order valence-corrected chi connectivity index (χ0v) is 11.8. The van der Waals surface area contributed by atoms with Crippen molar-refractivity contribution in [1.29, 1.82) is 0 Å². The number of benzene rings is 1. The van der Waals surface area contributed by atoms with Crippen molar-refractivity contribution >= 4 is 34.2 Å². The Kier molecular flexibility index (Phi) is 4.98. The molecule has 1 aromatic carbocycles. The zero-order valence-electron chi connectivity index (χ0n) is 9.41. The van der Waals surface area contributed by atoms with E-state index in [0.717, 1.165) is 22.9 Å². The molecular formula is C12H16BrClN2O. The van der Waals surface area contributed by atoms with Crippen LogP contribution in [0.15, 0.2) is 28.7 Å². The van der Waals surface area contributed by atoms with E-state index in [-0.39, 0.29) is 23.7 Å². The van der Waals surface area contributed by atoms with E-state index in [2.05, 4.69) is 21.2 Å². The molecule has 3 N–H and O–H groups in total. The Balaban J connectivity index is 0.00000144. The highest BCUT2D eigenvalue weighted by atomic mass is 79.9. The first-order valence-corrected chi connectivity index (χ1v) is 6.23. The fraction of sp³-hybridized carbons (Fsp3) is 0.417. The van der Waals surface area contributed by atoms with Gasteiger partial charge in [0.25, 0.3) is 0 Å². The number of amides is 1. The minimum Gasteiger partial charge on any atom is -0.354 e. The van der Waals surface area contributed by atoms with Gasteiger partial charge in [-0.1, -0.05) is 28.1 Å². The lowest BCUT2D eigenvalue weighted by molar-refractivity contribution is -0.123. The van der Waals surface area contributed by atoms with Gasteiger partial charge in [-0.15, -0.1) is 12.4 Å². The van der Waals surface area contributed by atoms with Crippen molar-refractivity contribution in [2.24, 2.45) is 5.73 Å². The first-order chi connectivity index (χ1) is 7.69. The highest BCUT2D eigenvalue weighted by Crippen LogP contribution is 2.48. The first kappa shape index (κ1) is 14.5. The van der Waals surface area contributed by atoms with Crippen molar-refractivity contribution < 1.29 is 4.79 Å². The third-order valence-corrected chi connectivity index (χ3v) is 3.48. The van der Waals surface area contributed by atoms with Gasteiger partial charge < -0.3 is 11.1 Å². The maximum Gasteiger partial charge on any atom is 0.230 e. The van der Waals surface area contributed by atoms with Crippen LogP contribution in [0.1, 0.15) is 18.4 Å². The third kappa shape index (κ3) is 3.00. The van der Waals surface area contributed by atoms with Gasteiger partial charge in [0.2, 0.25) is 5.91 Å². The maximum atomic E-state index is 12.0. The van der Waals surface area contributed by atoms with Crippen LogP contribution in [0.25, 0.3) is 0 Å². The minimum atomic E-state index is -0.293. The molecule has 1 aromatic rings. The molecule has 0 heterocycles. The molecule has 1 fully saturated rings. The van der Waals surface area contributed by atoms with Crippen molar-refractivity contribution in [3.63, 3.8) is 0 Å². The lowest BCUT2D eigenvalue weighted by Gasteiger charge is -2.15. The molecule has 0 bridgehead atoms. The molecule has 0 unspecified atom stereocenters. The van der Waals surface area contributed by atoms with E-state index in [1.165, 1.54) is 0 Å². The summed E-state index contributed by atoms with van der Waals surface area (Å²) >= 11 is 3.43. The normalized spacial score (nSPS) is 15.9. The summed E-state index contributed by atoms with van der Waals surface area (Å²) in [6, 6.07) is 7.97. The van der Waals surface area contributed by atoms with Gasteiger partial charge in [0, 0.05) is 17.6 Å². The van der Waals surface area contributed by atoms with Gasteiger partial charge in [-0.25, -0.2) is 0 Å². The molecule has 0 saturated heterocycles. The third-order valence-electron chi connectivity index (χ3n) is 2.99. The molecule has 3 nitrogen and oxygen atoms in total. The Morgan fingerprint density at radius 2 is 2.18 bits per heavy atom. The fourth-order valence-electron chi connectivity index (χ4n) is 1.91. The van der Waals surface area contributed by atoms with E-state index in [9.17, 15) is 4.79 Å². The predicted molar refractivity (Wildman–Crippen MR) is 74.4 cm³/mol. The standard InChI is InChI=1S/C12H15BrN2O.ClH/c13-10-3-1-2-9(8-10)12(4-5-12)11(16)15-7-6-14;/h1-3,8H,4-7,14H2,(H,15,16);1H. The Labute approximate surface area is 116 Å². The average molecular weight is 320 g/mol. The van der Waals surface area contributed by atoms with E-state index in [4.69, 9.17) is 5.73 Å². The van der Waals surface area contributed by atoms with Crippen molar-refractivity contribution in [3.05, 3.63) is 34.3 Å². The minimum absolute atomic E-state index is 0. The van der Waals surface area contributed by atoms with E-state index in [1.807, 2.05) is 24.3 Å². The second-order valence-corrected chi connectivity index (χ2v) is 5.05. The predicted octanol–water partition coefficient (Wildman–Crippen LogP) is 1.98. The van der Waals surface area contributed by atoms with Crippen molar-refractivity contribution in [1.82, 2.24) is 5.32 Å². The van der Waals surface area contributed by atoms with Gasteiger partial charge in [-0.05, 0) is 30.5 Å². The van der Waals surface area contributed by atoms with Crippen LogP contribution in [-0.4, -0.2) is 19.0 Å². The van der Waals surface area contributed by atoms with Crippen LogP contribution in [0.5, 0.6) is 0 Å². The second-order valence-electron chi connectivity index (χ2n) is 4.14. The number of rotatable bonds is 4. The fourth-order valence-corrected chi connectivity index (χ4v) is 2.31. The summed E-state index contributed by atoms with van der Waals surface area (Å²) in [7, 11) is 0. The molecule has 0 radical (unpaired) electrons. The molecule has 0 atom stereocenters. The highest BCUT2D eigenvalue weighted by molar-refractivity contribution is 9.10. The van der Waals surface area contributed by atoms with Gasteiger partial charge in [-0.3, -0.25) is 4.79 Å². The monoisotopic (exact) mass is 318 g/mol. The Hall–Kier alpha value is -0.580. The quantitative estimate of drug-likeness (QED) is 0.891. The van der Waals surface area contributed by atoms with E-state index < -0.39 is 0 Å². The molecule has 1 amide bonds. The van der Waals surface area contributed by atoms with Gasteiger partial charge >= 0.3 is 0 Å². The number of hydrogen-bond acceptors (Lipinski definition) is 2. The van der Waals surface area contributed by atoms with Crippen LogP contribution in [0.3, 0.4) is 0 Å². The largest absolute Gasteiger partial charge is 0.354 e. The van der Waals surface area contributed by atoms with Crippen molar-refractivity contribution in [2.75, 3.05) is 13.1 Å². The SMILES string of the molecule is Cl.NCCNC(=O)C1(c2cccc(Br)c2)CC1. The molecule has 17 heavy (non-hydrogen) atoms. The summed E-state index contributed by atoms with van der Waals surface area (Å²) < 4.78 is 1.02. The van der Waals surface area contributed by atoms with E-state index >= 15 is 0 Å². The first-order valence-electron chi connectivity index (χ1n) is 5.43.